The van der Waals surface area contributed by atoms with Crippen molar-refractivity contribution in [3.63, 3.8) is 0 Å². The van der Waals surface area contributed by atoms with Crippen LogP contribution in [-0.2, 0) is 0 Å². The monoisotopic (exact) mass is 287 g/mol. The zero-order chi connectivity index (χ0) is 15.4. The summed E-state index contributed by atoms with van der Waals surface area (Å²) in [7, 11) is 0. The zero-order valence-electron chi connectivity index (χ0n) is 12.8. The second-order valence-corrected chi connectivity index (χ2v) is 5.38. The average Bonchev–Trinajstić information content (AvgIpc) is 2.48. The van der Waals surface area contributed by atoms with E-state index >= 15 is 0 Å². The van der Waals surface area contributed by atoms with Gasteiger partial charge < -0.3 is 10.5 Å². The lowest BCUT2D eigenvalue weighted by Crippen LogP contribution is -2.32. The molecular formula is C18H22FNO. The van der Waals surface area contributed by atoms with Gasteiger partial charge in [0.25, 0.3) is 0 Å². The van der Waals surface area contributed by atoms with Crippen LogP contribution in [0.1, 0.15) is 36.1 Å². The van der Waals surface area contributed by atoms with Crippen LogP contribution in [-0.4, -0.2) is 6.04 Å². The van der Waals surface area contributed by atoms with Gasteiger partial charge in [-0.05, 0) is 43.0 Å². The molecule has 2 aromatic carbocycles. The average molecular weight is 287 g/mol. The molecule has 21 heavy (non-hydrogen) atoms. The first-order chi connectivity index (χ1) is 10.0. The molecule has 0 radical (unpaired) electrons. The predicted octanol–water partition coefficient (Wildman–Crippen LogP) is 4.30. The topological polar surface area (TPSA) is 35.2 Å². The first-order valence-corrected chi connectivity index (χ1v) is 7.26. The fraction of sp³-hybridized carbons (Fsp3) is 0.333. The van der Waals surface area contributed by atoms with E-state index in [-0.39, 0.29) is 18.0 Å². The number of hydrogen-bond donors (Lipinski definition) is 1. The molecule has 2 unspecified atom stereocenters. The number of rotatable bonds is 5. The Morgan fingerprint density at radius 2 is 1.81 bits per heavy atom. The summed E-state index contributed by atoms with van der Waals surface area (Å²) in [5.74, 6) is 0.247. The van der Waals surface area contributed by atoms with Crippen molar-refractivity contribution in [1.82, 2.24) is 0 Å². The highest BCUT2D eigenvalue weighted by atomic mass is 19.1. The number of aryl methyl sites for hydroxylation is 2. The lowest BCUT2D eigenvalue weighted by molar-refractivity contribution is 0.168. The minimum absolute atomic E-state index is 0.145. The smallest absolute Gasteiger partial charge is 0.139 e. The molecule has 2 aromatic rings. The Labute approximate surface area is 125 Å². The minimum atomic E-state index is -0.302. The summed E-state index contributed by atoms with van der Waals surface area (Å²) in [5, 5.41) is 0. The van der Waals surface area contributed by atoms with Crippen LogP contribution < -0.4 is 10.5 Å². The third-order valence-electron chi connectivity index (χ3n) is 3.76. The second-order valence-electron chi connectivity index (χ2n) is 5.38. The molecule has 0 saturated heterocycles. The van der Waals surface area contributed by atoms with Crippen molar-refractivity contribution < 1.29 is 9.13 Å². The SMILES string of the molecule is CCC(N)C(Oc1cc(F)ccc1C)c1ccccc1C. The summed E-state index contributed by atoms with van der Waals surface area (Å²) in [6.45, 7) is 5.96. The fourth-order valence-corrected chi connectivity index (χ4v) is 2.34. The molecule has 2 N–H and O–H groups in total. The third kappa shape index (κ3) is 3.61. The fourth-order valence-electron chi connectivity index (χ4n) is 2.34. The van der Waals surface area contributed by atoms with Gasteiger partial charge in [0.05, 0.1) is 0 Å². The van der Waals surface area contributed by atoms with Gasteiger partial charge in [0.2, 0.25) is 0 Å². The van der Waals surface area contributed by atoms with Crippen molar-refractivity contribution in [2.45, 2.75) is 39.3 Å². The van der Waals surface area contributed by atoms with Crippen molar-refractivity contribution in [3.8, 4) is 5.75 Å². The van der Waals surface area contributed by atoms with E-state index in [0.29, 0.717) is 5.75 Å². The van der Waals surface area contributed by atoms with E-state index < -0.39 is 0 Å². The largest absolute Gasteiger partial charge is 0.484 e. The summed E-state index contributed by atoms with van der Waals surface area (Å²) in [6.07, 6.45) is 0.504. The van der Waals surface area contributed by atoms with Gasteiger partial charge in [-0.15, -0.1) is 0 Å². The van der Waals surface area contributed by atoms with Crippen LogP contribution in [0.4, 0.5) is 4.39 Å². The third-order valence-corrected chi connectivity index (χ3v) is 3.76. The predicted molar refractivity (Wildman–Crippen MR) is 84.0 cm³/mol. The van der Waals surface area contributed by atoms with Crippen molar-refractivity contribution in [2.75, 3.05) is 0 Å². The molecule has 0 heterocycles. The van der Waals surface area contributed by atoms with Crippen LogP contribution in [0.25, 0.3) is 0 Å². The zero-order valence-corrected chi connectivity index (χ0v) is 12.8. The van der Waals surface area contributed by atoms with Crippen molar-refractivity contribution >= 4 is 0 Å². The maximum Gasteiger partial charge on any atom is 0.139 e. The van der Waals surface area contributed by atoms with E-state index in [4.69, 9.17) is 10.5 Å². The van der Waals surface area contributed by atoms with Gasteiger partial charge in [0, 0.05) is 12.1 Å². The second kappa shape index (κ2) is 6.72. The minimum Gasteiger partial charge on any atom is -0.484 e. The molecule has 0 fully saturated rings. The Bertz CT molecular complexity index is 612. The summed E-state index contributed by atoms with van der Waals surface area (Å²) < 4.78 is 19.5. The summed E-state index contributed by atoms with van der Waals surface area (Å²) in [4.78, 5) is 0. The molecule has 2 atom stereocenters. The lowest BCUT2D eigenvalue weighted by atomic mass is 9.96. The van der Waals surface area contributed by atoms with Crippen molar-refractivity contribution in [3.05, 3.63) is 65.0 Å². The van der Waals surface area contributed by atoms with Gasteiger partial charge in [-0.2, -0.15) is 0 Å². The molecular weight excluding hydrogens is 265 g/mol. The first kappa shape index (κ1) is 15.5. The molecule has 0 amide bonds. The van der Waals surface area contributed by atoms with E-state index in [9.17, 15) is 4.39 Å². The normalized spacial score (nSPS) is 13.8. The molecule has 2 rings (SSSR count). The molecule has 0 saturated carbocycles. The molecule has 3 heteroatoms. The number of hydrogen-bond acceptors (Lipinski definition) is 2. The van der Waals surface area contributed by atoms with Crippen LogP contribution in [0.5, 0.6) is 5.75 Å². The molecule has 0 bridgehead atoms. The quantitative estimate of drug-likeness (QED) is 0.890. The van der Waals surface area contributed by atoms with Crippen molar-refractivity contribution in [1.29, 1.82) is 0 Å². The van der Waals surface area contributed by atoms with E-state index in [1.54, 1.807) is 6.07 Å². The van der Waals surface area contributed by atoms with E-state index in [0.717, 1.165) is 23.1 Å². The summed E-state index contributed by atoms with van der Waals surface area (Å²) in [5.41, 5.74) is 9.31. The molecule has 0 aliphatic carbocycles. The highest BCUT2D eigenvalue weighted by Gasteiger charge is 2.22. The van der Waals surface area contributed by atoms with Crippen LogP contribution in [0, 0.1) is 19.7 Å². The number of ether oxygens (including phenoxy) is 1. The molecule has 112 valence electrons. The Balaban J connectivity index is 2.38. The maximum absolute atomic E-state index is 13.5. The number of nitrogens with two attached hydrogens (primary N) is 1. The van der Waals surface area contributed by atoms with E-state index in [2.05, 4.69) is 0 Å². The molecule has 0 aliphatic rings. The standard InChI is InChI=1S/C18H22FNO/c1-4-16(20)18(15-8-6-5-7-12(15)2)21-17-11-14(19)10-9-13(17)3/h5-11,16,18H,4,20H2,1-3H3. The van der Waals surface area contributed by atoms with Gasteiger partial charge >= 0.3 is 0 Å². The van der Waals surface area contributed by atoms with Gasteiger partial charge in [0.15, 0.2) is 0 Å². The maximum atomic E-state index is 13.5. The van der Waals surface area contributed by atoms with Crippen molar-refractivity contribution in [2.24, 2.45) is 5.73 Å². The van der Waals surface area contributed by atoms with E-state index in [1.807, 2.05) is 45.0 Å². The van der Waals surface area contributed by atoms with E-state index in [1.165, 1.54) is 12.1 Å². The van der Waals surface area contributed by atoms with Crippen LogP contribution in [0.2, 0.25) is 0 Å². The molecule has 0 aliphatic heterocycles. The molecule has 2 nitrogen and oxygen atoms in total. The molecule has 0 aromatic heterocycles. The summed E-state index contributed by atoms with van der Waals surface area (Å²) in [6, 6.07) is 12.4. The summed E-state index contributed by atoms with van der Waals surface area (Å²) >= 11 is 0. The highest BCUT2D eigenvalue weighted by Crippen LogP contribution is 2.30. The van der Waals surface area contributed by atoms with Crippen LogP contribution >= 0.6 is 0 Å². The number of halogens is 1. The van der Waals surface area contributed by atoms with Gasteiger partial charge in [0.1, 0.15) is 17.7 Å². The van der Waals surface area contributed by atoms with Crippen LogP contribution in [0.3, 0.4) is 0 Å². The number of benzene rings is 2. The van der Waals surface area contributed by atoms with Gasteiger partial charge in [-0.25, -0.2) is 4.39 Å². The first-order valence-electron chi connectivity index (χ1n) is 7.26. The Morgan fingerprint density at radius 3 is 2.48 bits per heavy atom. The Morgan fingerprint density at radius 1 is 1.10 bits per heavy atom. The van der Waals surface area contributed by atoms with Gasteiger partial charge in [-0.1, -0.05) is 37.3 Å². The highest BCUT2D eigenvalue weighted by molar-refractivity contribution is 5.35. The van der Waals surface area contributed by atoms with Crippen LogP contribution in [0.15, 0.2) is 42.5 Å². The van der Waals surface area contributed by atoms with Gasteiger partial charge in [-0.3, -0.25) is 0 Å². The Hall–Kier alpha value is -1.87. The Kier molecular flexibility index (Phi) is 4.97. The lowest BCUT2D eigenvalue weighted by Gasteiger charge is -2.27. The molecule has 0 spiro atoms.